The summed E-state index contributed by atoms with van der Waals surface area (Å²) in [5.74, 6) is 0.752. The number of methoxy groups -OCH3 is 1. The molecule has 18 heavy (non-hydrogen) atoms. The first-order chi connectivity index (χ1) is 8.24. The number of ether oxygens (including phenoxy) is 1. The molecule has 1 rings (SSSR count). The topological polar surface area (TPSA) is 35.2 Å². The minimum Gasteiger partial charge on any atom is -0.496 e. The fourth-order valence-electron chi connectivity index (χ4n) is 2.01. The van der Waals surface area contributed by atoms with Gasteiger partial charge in [0.25, 0.3) is 0 Å². The van der Waals surface area contributed by atoms with Crippen molar-refractivity contribution in [2.24, 2.45) is 5.73 Å². The highest BCUT2D eigenvalue weighted by Crippen LogP contribution is 2.30. The Labute approximate surface area is 105 Å². The largest absolute Gasteiger partial charge is 0.496 e. The van der Waals surface area contributed by atoms with Gasteiger partial charge in [0.2, 0.25) is 0 Å². The van der Waals surface area contributed by atoms with Gasteiger partial charge < -0.3 is 10.5 Å². The van der Waals surface area contributed by atoms with Gasteiger partial charge in [-0.15, -0.1) is 0 Å². The molecule has 2 N–H and O–H groups in total. The Kier molecular flexibility index (Phi) is 4.62. The highest BCUT2D eigenvalue weighted by molar-refractivity contribution is 5.44. The number of rotatable bonds is 4. The number of alkyl halides is 3. The first-order valence-electron chi connectivity index (χ1n) is 5.72. The minimum atomic E-state index is -4.16. The Balaban J connectivity index is 2.84. The maximum Gasteiger partial charge on any atom is 0.389 e. The summed E-state index contributed by atoms with van der Waals surface area (Å²) in [5, 5.41) is 0. The van der Waals surface area contributed by atoms with Crippen LogP contribution >= 0.6 is 0 Å². The van der Waals surface area contributed by atoms with E-state index in [2.05, 4.69) is 0 Å². The lowest BCUT2D eigenvalue weighted by molar-refractivity contribution is -0.136. The zero-order valence-electron chi connectivity index (χ0n) is 10.8. The Morgan fingerprint density at radius 1 is 1.22 bits per heavy atom. The summed E-state index contributed by atoms with van der Waals surface area (Å²) in [6, 6.07) is 2.97. The monoisotopic (exact) mass is 261 g/mol. The van der Waals surface area contributed by atoms with E-state index in [1.165, 1.54) is 0 Å². The predicted octanol–water partition coefficient (Wildman–Crippen LogP) is 3.65. The summed E-state index contributed by atoms with van der Waals surface area (Å²) < 4.78 is 41.6. The first kappa shape index (κ1) is 14.8. The average Bonchev–Trinajstić information content (AvgIpc) is 2.24. The summed E-state index contributed by atoms with van der Waals surface area (Å²) in [6.07, 6.45) is -5.12. The second kappa shape index (κ2) is 5.61. The van der Waals surface area contributed by atoms with Crippen LogP contribution in [0.4, 0.5) is 13.2 Å². The number of hydrogen-bond acceptors (Lipinski definition) is 2. The van der Waals surface area contributed by atoms with Crippen molar-refractivity contribution < 1.29 is 17.9 Å². The van der Waals surface area contributed by atoms with Crippen LogP contribution in [-0.4, -0.2) is 13.3 Å². The second-order valence-corrected chi connectivity index (χ2v) is 4.45. The lowest BCUT2D eigenvalue weighted by Gasteiger charge is -2.17. The Morgan fingerprint density at radius 2 is 1.72 bits per heavy atom. The van der Waals surface area contributed by atoms with Crippen LogP contribution in [-0.2, 0) is 0 Å². The number of hydrogen-bond donors (Lipinski definition) is 1. The lowest BCUT2D eigenvalue weighted by atomic mass is 9.98. The molecule has 102 valence electrons. The van der Waals surface area contributed by atoms with E-state index in [9.17, 15) is 13.2 Å². The summed E-state index contributed by atoms with van der Waals surface area (Å²) in [7, 11) is 1.57. The van der Waals surface area contributed by atoms with Crippen molar-refractivity contribution in [3.63, 3.8) is 0 Å². The lowest BCUT2D eigenvalue weighted by Crippen LogP contribution is -2.16. The van der Waals surface area contributed by atoms with Gasteiger partial charge in [0.1, 0.15) is 5.75 Å². The summed E-state index contributed by atoms with van der Waals surface area (Å²) >= 11 is 0. The molecule has 0 bridgehead atoms. The molecule has 0 aliphatic rings. The summed E-state index contributed by atoms with van der Waals surface area (Å²) in [5.41, 5.74) is 8.28. The predicted molar refractivity (Wildman–Crippen MR) is 64.7 cm³/mol. The highest BCUT2D eigenvalue weighted by Gasteiger charge is 2.28. The number of benzene rings is 1. The number of aryl methyl sites for hydroxylation is 2. The van der Waals surface area contributed by atoms with Crippen molar-refractivity contribution in [1.82, 2.24) is 0 Å². The van der Waals surface area contributed by atoms with Crippen LogP contribution in [0.15, 0.2) is 12.1 Å². The molecule has 0 radical (unpaired) electrons. The molecule has 0 saturated heterocycles. The number of nitrogens with two attached hydrogens (primary N) is 1. The molecule has 0 heterocycles. The van der Waals surface area contributed by atoms with Crippen LogP contribution in [0, 0.1) is 13.8 Å². The van der Waals surface area contributed by atoms with Crippen LogP contribution in [0.1, 0.15) is 35.6 Å². The minimum absolute atomic E-state index is 0.102. The SMILES string of the molecule is COc1c(C)cc(C(N)CCC(F)(F)F)cc1C. The van der Waals surface area contributed by atoms with Gasteiger partial charge in [0.15, 0.2) is 0 Å². The fourth-order valence-corrected chi connectivity index (χ4v) is 2.01. The molecular weight excluding hydrogens is 243 g/mol. The fraction of sp³-hybridized carbons (Fsp3) is 0.538. The van der Waals surface area contributed by atoms with Crippen molar-refractivity contribution in [2.45, 2.75) is 38.9 Å². The normalized spacial score (nSPS) is 13.5. The van der Waals surface area contributed by atoms with Gasteiger partial charge >= 0.3 is 6.18 Å². The average molecular weight is 261 g/mol. The maximum absolute atomic E-state index is 12.1. The molecule has 0 saturated carbocycles. The van der Waals surface area contributed by atoms with Crippen molar-refractivity contribution in [2.75, 3.05) is 7.11 Å². The van der Waals surface area contributed by atoms with E-state index >= 15 is 0 Å². The molecule has 0 fully saturated rings. The van der Waals surface area contributed by atoms with Crippen molar-refractivity contribution in [1.29, 1.82) is 0 Å². The van der Waals surface area contributed by atoms with Gasteiger partial charge in [-0.3, -0.25) is 0 Å². The van der Waals surface area contributed by atoms with E-state index in [0.717, 1.165) is 22.4 Å². The molecule has 1 unspecified atom stereocenters. The highest BCUT2D eigenvalue weighted by atomic mass is 19.4. The van der Waals surface area contributed by atoms with E-state index < -0.39 is 18.6 Å². The third-order valence-corrected chi connectivity index (χ3v) is 2.85. The van der Waals surface area contributed by atoms with Gasteiger partial charge in [-0.1, -0.05) is 12.1 Å². The van der Waals surface area contributed by atoms with E-state index in [0.29, 0.717) is 0 Å². The molecule has 0 aliphatic heterocycles. The Hall–Kier alpha value is -1.23. The molecule has 0 spiro atoms. The van der Waals surface area contributed by atoms with E-state index in [1.54, 1.807) is 19.2 Å². The zero-order valence-corrected chi connectivity index (χ0v) is 10.8. The van der Waals surface area contributed by atoms with Crippen LogP contribution in [0.25, 0.3) is 0 Å². The molecule has 1 atom stereocenters. The molecule has 0 aliphatic carbocycles. The van der Waals surface area contributed by atoms with Crippen LogP contribution in [0.3, 0.4) is 0 Å². The van der Waals surface area contributed by atoms with Crippen molar-refractivity contribution >= 4 is 0 Å². The van der Waals surface area contributed by atoms with Gasteiger partial charge in [-0.25, -0.2) is 0 Å². The van der Waals surface area contributed by atoms with Crippen LogP contribution in [0.5, 0.6) is 5.75 Å². The van der Waals surface area contributed by atoms with Gasteiger partial charge in [-0.2, -0.15) is 13.2 Å². The third kappa shape index (κ3) is 3.91. The maximum atomic E-state index is 12.1. The summed E-state index contributed by atoms with van der Waals surface area (Å²) in [4.78, 5) is 0. The Morgan fingerprint density at radius 3 is 2.11 bits per heavy atom. The number of halogens is 3. The molecule has 0 amide bonds. The molecule has 1 aromatic rings. The van der Waals surface area contributed by atoms with Gasteiger partial charge in [-0.05, 0) is 37.0 Å². The standard InChI is InChI=1S/C13H18F3NO/c1-8-6-10(7-9(2)12(8)18-3)11(17)4-5-13(14,15)16/h6-7,11H,4-5,17H2,1-3H3. The molecule has 5 heteroatoms. The molecule has 2 nitrogen and oxygen atoms in total. The van der Waals surface area contributed by atoms with Gasteiger partial charge in [0, 0.05) is 12.5 Å². The molecular formula is C13H18F3NO. The zero-order chi connectivity index (χ0) is 13.9. The van der Waals surface area contributed by atoms with E-state index in [1.807, 2.05) is 13.8 Å². The molecule has 1 aromatic carbocycles. The van der Waals surface area contributed by atoms with E-state index in [4.69, 9.17) is 10.5 Å². The Bertz CT molecular complexity index is 392. The second-order valence-electron chi connectivity index (χ2n) is 4.45. The van der Waals surface area contributed by atoms with Crippen LogP contribution < -0.4 is 10.5 Å². The van der Waals surface area contributed by atoms with Crippen molar-refractivity contribution in [3.8, 4) is 5.75 Å². The van der Waals surface area contributed by atoms with Crippen LogP contribution in [0.2, 0.25) is 0 Å². The van der Waals surface area contributed by atoms with E-state index in [-0.39, 0.29) is 6.42 Å². The summed E-state index contributed by atoms with van der Waals surface area (Å²) in [6.45, 7) is 3.71. The first-order valence-corrected chi connectivity index (χ1v) is 5.72. The van der Waals surface area contributed by atoms with Gasteiger partial charge in [0.05, 0.1) is 7.11 Å². The quantitative estimate of drug-likeness (QED) is 0.897. The smallest absolute Gasteiger partial charge is 0.389 e. The third-order valence-electron chi connectivity index (χ3n) is 2.85. The molecule has 0 aromatic heterocycles. The van der Waals surface area contributed by atoms with Crippen molar-refractivity contribution in [3.05, 3.63) is 28.8 Å².